The van der Waals surface area contributed by atoms with Crippen LogP contribution in [-0.2, 0) is 5.88 Å². The van der Waals surface area contributed by atoms with Gasteiger partial charge in [-0.05, 0) is 35.4 Å². The van der Waals surface area contributed by atoms with Crippen molar-refractivity contribution in [2.45, 2.75) is 5.88 Å². The van der Waals surface area contributed by atoms with Crippen LogP contribution in [0.4, 0.5) is 8.78 Å². The molecule has 0 heterocycles. The lowest BCUT2D eigenvalue weighted by Crippen LogP contribution is -1.87. The van der Waals surface area contributed by atoms with Crippen molar-refractivity contribution in [1.29, 1.82) is 0 Å². The highest BCUT2D eigenvalue weighted by molar-refractivity contribution is 6.17. The maximum atomic E-state index is 13.2. The van der Waals surface area contributed by atoms with Gasteiger partial charge in [-0.2, -0.15) is 0 Å². The van der Waals surface area contributed by atoms with Crippen LogP contribution in [0.1, 0.15) is 5.56 Å². The third kappa shape index (κ3) is 2.22. The van der Waals surface area contributed by atoms with Crippen molar-refractivity contribution >= 4 is 11.6 Å². The average molecular weight is 239 g/mol. The molecular weight excluding hydrogens is 230 g/mol. The fourth-order valence-electron chi connectivity index (χ4n) is 1.50. The molecule has 0 fully saturated rings. The molecule has 3 heteroatoms. The number of hydrogen-bond donors (Lipinski definition) is 0. The third-order valence-electron chi connectivity index (χ3n) is 2.37. The van der Waals surface area contributed by atoms with E-state index in [1.165, 1.54) is 18.2 Å². The largest absolute Gasteiger partial charge is 0.207 e. The lowest BCUT2D eigenvalue weighted by Gasteiger charge is -2.04. The van der Waals surface area contributed by atoms with E-state index in [9.17, 15) is 8.78 Å². The van der Waals surface area contributed by atoms with Gasteiger partial charge in [0.2, 0.25) is 0 Å². The summed E-state index contributed by atoms with van der Waals surface area (Å²) in [6.45, 7) is 0. The van der Waals surface area contributed by atoms with Gasteiger partial charge in [-0.3, -0.25) is 0 Å². The highest BCUT2D eigenvalue weighted by atomic mass is 35.5. The van der Waals surface area contributed by atoms with Gasteiger partial charge in [0.1, 0.15) is 11.6 Å². The second kappa shape index (κ2) is 4.62. The van der Waals surface area contributed by atoms with Crippen LogP contribution in [-0.4, -0.2) is 0 Å². The lowest BCUT2D eigenvalue weighted by atomic mass is 10.0. The normalized spacial score (nSPS) is 10.4. The van der Waals surface area contributed by atoms with Crippen LogP contribution in [0, 0.1) is 11.6 Å². The van der Waals surface area contributed by atoms with Gasteiger partial charge in [0, 0.05) is 5.56 Å². The highest BCUT2D eigenvalue weighted by Gasteiger charge is 2.04. The Hall–Kier alpha value is -1.41. The summed E-state index contributed by atoms with van der Waals surface area (Å²) >= 11 is 5.62. The molecule has 0 radical (unpaired) electrons. The molecular formula is C13H9ClF2. The van der Waals surface area contributed by atoms with Gasteiger partial charge in [0.25, 0.3) is 0 Å². The number of halogens is 3. The summed E-state index contributed by atoms with van der Waals surface area (Å²) in [7, 11) is 0. The monoisotopic (exact) mass is 238 g/mol. The van der Waals surface area contributed by atoms with E-state index in [2.05, 4.69) is 0 Å². The minimum absolute atomic E-state index is 0.126. The molecule has 0 aliphatic heterocycles. The summed E-state index contributed by atoms with van der Waals surface area (Å²) < 4.78 is 25.9. The molecule has 16 heavy (non-hydrogen) atoms. The molecule has 0 N–H and O–H groups in total. The molecule has 0 bridgehead atoms. The number of rotatable bonds is 2. The predicted octanol–water partition coefficient (Wildman–Crippen LogP) is 4.37. The molecule has 0 saturated heterocycles. The van der Waals surface area contributed by atoms with Crippen LogP contribution in [0.25, 0.3) is 11.1 Å². The summed E-state index contributed by atoms with van der Waals surface area (Å²) in [4.78, 5) is 0. The molecule has 0 spiro atoms. The molecule has 0 saturated carbocycles. The van der Waals surface area contributed by atoms with E-state index in [1.807, 2.05) is 0 Å². The molecule has 2 aromatic rings. The maximum Gasteiger partial charge on any atom is 0.127 e. The van der Waals surface area contributed by atoms with Gasteiger partial charge < -0.3 is 0 Å². The van der Waals surface area contributed by atoms with E-state index in [4.69, 9.17) is 11.6 Å². The topological polar surface area (TPSA) is 0 Å². The number of benzene rings is 2. The Kier molecular flexibility index (Phi) is 3.20. The molecule has 0 atom stereocenters. The molecule has 2 rings (SSSR count). The van der Waals surface area contributed by atoms with Gasteiger partial charge in [-0.25, -0.2) is 8.78 Å². The zero-order valence-corrected chi connectivity index (χ0v) is 9.14. The quantitative estimate of drug-likeness (QED) is 0.682. The van der Waals surface area contributed by atoms with E-state index in [0.29, 0.717) is 5.56 Å². The molecule has 82 valence electrons. The van der Waals surface area contributed by atoms with Crippen molar-refractivity contribution in [2.75, 3.05) is 0 Å². The van der Waals surface area contributed by atoms with E-state index < -0.39 is 0 Å². The smallest absolute Gasteiger partial charge is 0.127 e. The highest BCUT2D eigenvalue weighted by Crippen LogP contribution is 2.23. The van der Waals surface area contributed by atoms with Gasteiger partial charge in [-0.15, -0.1) is 11.6 Å². The first-order valence-electron chi connectivity index (χ1n) is 4.81. The minimum atomic E-state index is -0.319. The Morgan fingerprint density at radius 1 is 0.875 bits per heavy atom. The summed E-state index contributed by atoms with van der Waals surface area (Å²) in [5.41, 5.74) is 2.12. The molecule has 0 aliphatic carbocycles. The van der Waals surface area contributed by atoms with E-state index in [-0.39, 0.29) is 17.5 Å². The summed E-state index contributed by atoms with van der Waals surface area (Å²) in [6.07, 6.45) is 0. The van der Waals surface area contributed by atoms with Crippen LogP contribution < -0.4 is 0 Å². The van der Waals surface area contributed by atoms with Crippen LogP contribution in [0.15, 0.2) is 42.5 Å². The van der Waals surface area contributed by atoms with Gasteiger partial charge in [0.05, 0.1) is 5.88 Å². The summed E-state index contributed by atoms with van der Waals surface area (Å²) in [5, 5.41) is 0. The lowest BCUT2D eigenvalue weighted by molar-refractivity contribution is 0.617. The Balaban J connectivity index is 2.44. The first-order valence-corrected chi connectivity index (χ1v) is 5.34. The Bertz CT molecular complexity index is 492. The van der Waals surface area contributed by atoms with Crippen molar-refractivity contribution in [3.05, 3.63) is 59.7 Å². The van der Waals surface area contributed by atoms with Crippen molar-refractivity contribution in [2.24, 2.45) is 0 Å². The van der Waals surface area contributed by atoms with Crippen LogP contribution in [0.3, 0.4) is 0 Å². The zero-order chi connectivity index (χ0) is 11.5. The number of hydrogen-bond acceptors (Lipinski definition) is 0. The van der Waals surface area contributed by atoms with Crippen LogP contribution in [0.2, 0.25) is 0 Å². The standard InChI is InChI=1S/C13H9ClF2/c14-8-11-7-10(3-6-13(11)16)9-1-4-12(15)5-2-9/h1-7H,8H2. The minimum Gasteiger partial charge on any atom is -0.207 e. The van der Waals surface area contributed by atoms with Gasteiger partial charge >= 0.3 is 0 Å². The first-order chi connectivity index (χ1) is 7.70. The van der Waals surface area contributed by atoms with E-state index in [0.717, 1.165) is 11.1 Å². The molecule has 0 nitrogen and oxygen atoms in total. The Morgan fingerprint density at radius 3 is 2.12 bits per heavy atom. The molecule has 0 aliphatic rings. The first kappa shape index (κ1) is 11.1. The molecule has 0 amide bonds. The molecule has 0 unspecified atom stereocenters. The van der Waals surface area contributed by atoms with Crippen LogP contribution >= 0.6 is 11.6 Å². The average Bonchev–Trinajstić information content (AvgIpc) is 2.31. The van der Waals surface area contributed by atoms with Crippen LogP contribution in [0.5, 0.6) is 0 Å². The fraction of sp³-hybridized carbons (Fsp3) is 0.0769. The van der Waals surface area contributed by atoms with E-state index in [1.54, 1.807) is 24.3 Å². The third-order valence-corrected chi connectivity index (χ3v) is 2.66. The second-order valence-corrected chi connectivity index (χ2v) is 3.71. The Morgan fingerprint density at radius 2 is 1.50 bits per heavy atom. The van der Waals surface area contributed by atoms with Crippen molar-refractivity contribution in [1.82, 2.24) is 0 Å². The van der Waals surface area contributed by atoms with Gasteiger partial charge in [-0.1, -0.05) is 18.2 Å². The fourth-order valence-corrected chi connectivity index (χ4v) is 1.70. The maximum absolute atomic E-state index is 13.2. The Labute approximate surface area is 97.5 Å². The second-order valence-electron chi connectivity index (χ2n) is 3.45. The summed E-state index contributed by atoms with van der Waals surface area (Å²) in [5.74, 6) is -0.481. The SMILES string of the molecule is Fc1ccc(-c2ccc(F)c(CCl)c2)cc1. The van der Waals surface area contributed by atoms with Crippen molar-refractivity contribution in [3.8, 4) is 11.1 Å². The van der Waals surface area contributed by atoms with Crippen molar-refractivity contribution < 1.29 is 8.78 Å². The summed E-state index contributed by atoms with van der Waals surface area (Å²) in [6, 6.07) is 10.8. The zero-order valence-electron chi connectivity index (χ0n) is 8.38. The molecule has 0 aromatic heterocycles. The van der Waals surface area contributed by atoms with Crippen molar-refractivity contribution in [3.63, 3.8) is 0 Å². The number of alkyl halides is 1. The predicted molar refractivity (Wildman–Crippen MR) is 61.4 cm³/mol. The molecule has 2 aromatic carbocycles. The van der Waals surface area contributed by atoms with E-state index >= 15 is 0 Å². The van der Waals surface area contributed by atoms with Gasteiger partial charge in [0.15, 0.2) is 0 Å².